The second-order valence-electron chi connectivity index (χ2n) is 6.06. The molecule has 2 rings (SSSR count). The Morgan fingerprint density at radius 2 is 1.94 bits per heavy atom. The Bertz CT molecular complexity index is 361. The number of rotatable bonds is 4. The summed E-state index contributed by atoms with van der Waals surface area (Å²) in [7, 11) is 0. The zero-order valence-electron chi connectivity index (χ0n) is 11.5. The highest BCUT2D eigenvalue weighted by Crippen LogP contribution is 2.23. The molecule has 0 radical (unpaired) electrons. The fourth-order valence-electron chi connectivity index (χ4n) is 2.70. The topological polar surface area (TPSA) is 50.9 Å². The maximum Gasteiger partial charge on any atom is 0.0270 e. The highest BCUT2D eigenvalue weighted by atomic mass is 15.0. The van der Waals surface area contributed by atoms with Crippen LogP contribution in [0.15, 0.2) is 24.5 Å². The molecule has 0 aliphatic heterocycles. The number of hydrogen-bond acceptors (Lipinski definition) is 3. The number of aromatic nitrogens is 1. The fraction of sp³-hybridized carbons (Fsp3) is 0.667. The summed E-state index contributed by atoms with van der Waals surface area (Å²) in [5, 5.41) is 3.66. The zero-order chi connectivity index (χ0) is 13.0. The Morgan fingerprint density at radius 1 is 1.28 bits per heavy atom. The summed E-state index contributed by atoms with van der Waals surface area (Å²) < 4.78 is 0. The van der Waals surface area contributed by atoms with Crippen LogP contribution in [-0.2, 0) is 5.41 Å². The molecule has 1 fully saturated rings. The van der Waals surface area contributed by atoms with Gasteiger partial charge in [-0.05, 0) is 30.5 Å². The molecule has 2 unspecified atom stereocenters. The van der Waals surface area contributed by atoms with E-state index in [0.717, 1.165) is 13.0 Å². The van der Waals surface area contributed by atoms with Crippen molar-refractivity contribution in [3.63, 3.8) is 0 Å². The number of nitrogens with two attached hydrogens (primary N) is 1. The molecule has 3 heteroatoms. The van der Waals surface area contributed by atoms with E-state index in [0.29, 0.717) is 12.1 Å². The van der Waals surface area contributed by atoms with Crippen LogP contribution < -0.4 is 11.1 Å². The summed E-state index contributed by atoms with van der Waals surface area (Å²) in [6, 6.07) is 5.01. The SMILES string of the molecule is CC(C)(CNC1CCCCC1N)c1ccncc1. The van der Waals surface area contributed by atoms with E-state index in [2.05, 4.69) is 36.3 Å². The van der Waals surface area contributed by atoms with Gasteiger partial charge in [-0.15, -0.1) is 0 Å². The van der Waals surface area contributed by atoms with Gasteiger partial charge in [0, 0.05) is 36.4 Å². The van der Waals surface area contributed by atoms with E-state index in [1.807, 2.05) is 12.4 Å². The Kier molecular flexibility index (Phi) is 4.36. The van der Waals surface area contributed by atoms with Gasteiger partial charge in [-0.25, -0.2) is 0 Å². The van der Waals surface area contributed by atoms with Crippen LogP contribution in [-0.4, -0.2) is 23.6 Å². The molecule has 2 atom stereocenters. The van der Waals surface area contributed by atoms with E-state index in [1.165, 1.54) is 24.8 Å². The first-order valence-electron chi connectivity index (χ1n) is 6.99. The molecule has 1 aliphatic rings. The lowest BCUT2D eigenvalue weighted by Crippen LogP contribution is -2.50. The summed E-state index contributed by atoms with van der Waals surface area (Å²) >= 11 is 0. The third-order valence-corrected chi connectivity index (χ3v) is 4.09. The molecule has 1 aromatic rings. The molecule has 0 saturated heterocycles. The number of nitrogens with one attached hydrogen (secondary N) is 1. The molecular formula is C15H25N3. The van der Waals surface area contributed by atoms with Crippen LogP contribution in [0.3, 0.4) is 0 Å². The van der Waals surface area contributed by atoms with E-state index >= 15 is 0 Å². The highest BCUT2D eigenvalue weighted by Gasteiger charge is 2.25. The van der Waals surface area contributed by atoms with E-state index < -0.39 is 0 Å². The monoisotopic (exact) mass is 247 g/mol. The Morgan fingerprint density at radius 3 is 2.61 bits per heavy atom. The predicted octanol–water partition coefficient (Wildman–Crippen LogP) is 2.22. The van der Waals surface area contributed by atoms with Gasteiger partial charge in [0.1, 0.15) is 0 Å². The van der Waals surface area contributed by atoms with Crippen molar-refractivity contribution in [3.05, 3.63) is 30.1 Å². The van der Waals surface area contributed by atoms with Crippen molar-refractivity contribution in [2.75, 3.05) is 6.54 Å². The van der Waals surface area contributed by atoms with Crippen LogP contribution in [0.2, 0.25) is 0 Å². The average molecular weight is 247 g/mol. The van der Waals surface area contributed by atoms with Gasteiger partial charge in [0.2, 0.25) is 0 Å². The van der Waals surface area contributed by atoms with E-state index in [-0.39, 0.29) is 5.41 Å². The molecule has 1 aromatic heterocycles. The van der Waals surface area contributed by atoms with Gasteiger partial charge >= 0.3 is 0 Å². The molecule has 100 valence electrons. The second-order valence-corrected chi connectivity index (χ2v) is 6.06. The second kappa shape index (κ2) is 5.81. The number of nitrogens with zero attached hydrogens (tertiary/aromatic N) is 1. The average Bonchev–Trinajstić information content (AvgIpc) is 2.39. The van der Waals surface area contributed by atoms with Gasteiger partial charge in [-0.3, -0.25) is 4.98 Å². The molecule has 0 spiro atoms. The molecule has 1 saturated carbocycles. The summed E-state index contributed by atoms with van der Waals surface area (Å²) in [4.78, 5) is 4.08. The Labute approximate surface area is 110 Å². The molecule has 1 aliphatic carbocycles. The molecule has 18 heavy (non-hydrogen) atoms. The predicted molar refractivity (Wildman–Crippen MR) is 75.5 cm³/mol. The first-order valence-corrected chi connectivity index (χ1v) is 6.99. The van der Waals surface area contributed by atoms with E-state index in [4.69, 9.17) is 5.73 Å². The first-order chi connectivity index (χ1) is 8.59. The molecule has 3 nitrogen and oxygen atoms in total. The lowest BCUT2D eigenvalue weighted by molar-refractivity contribution is 0.306. The van der Waals surface area contributed by atoms with Gasteiger partial charge in [0.25, 0.3) is 0 Å². The van der Waals surface area contributed by atoms with Crippen LogP contribution in [0.25, 0.3) is 0 Å². The van der Waals surface area contributed by atoms with Gasteiger partial charge in [0.05, 0.1) is 0 Å². The molecular weight excluding hydrogens is 222 g/mol. The maximum absolute atomic E-state index is 6.17. The summed E-state index contributed by atoms with van der Waals surface area (Å²) in [5.74, 6) is 0. The standard InChI is InChI=1S/C15H25N3/c1-15(2,12-7-9-17-10-8-12)11-18-14-6-4-3-5-13(14)16/h7-10,13-14,18H,3-6,11,16H2,1-2H3. The van der Waals surface area contributed by atoms with Crippen molar-refractivity contribution in [2.24, 2.45) is 5.73 Å². The van der Waals surface area contributed by atoms with Crippen LogP contribution >= 0.6 is 0 Å². The van der Waals surface area contributed by atoms with Crippen molar-refractivity contribution in [3.8, 4) is 0 Å². The Hall–Kier alpha value is -0.930. The molecule has 0 aromatic carbocycles. The third kappa shape index (κ3) is 3.30. The number of hydrogen-bond donors (Lipinski definition) is 2. The van der Waals surface area contributed by atoms with Crippen LogP contribution in [0.4, 0.5) is 0 Å². The molecule has 0 amide bonds. The fourth-order valence-corrected chi connectivity index (χ4v) is 2.70. The van der Waals surface area contributed by atoms with Gasteiger partial charge in [0.15, 0.2) is 0 Å². The van der Waals surface area contributed by atoms with Crippen molar-refractivity contribution < 1.29 is 0 Å². The first kappa shape index (κ1) is 13.5. The molecule has 1 heterocycles. The van der Waals surface area contributed by atoms with Gasteiger partial charge in [-0.1, -0.05) is 26.7 Å². The molecule has 0 bridgehead atoms. The summed E-state index contributed by atoms with van der Waals surface area (Å²) in [6.07, 6.45) is 8.70. The van der Waals surface area contributed by atoms with Crippen molar-refractivity contribution in [1.82, 2.24) is 10.3 Å². The van der Waals surface area contributed by atoms with E-state index in [9.17, 15) is 0 Å². The van der Waals surface area contributed by atoms with Gasteiger partial charge < -0.3 is 11.1 Å². The smallest absolute Gasteiger partial charge is 0.0270 e. The molecule has 3 N–H and O–H groups in total. The zero-order valence-corrected chi connectivity index (χ0v) is 11.5. The third-order valence-electron chi connectivity index (χ3n) is 4.09. The van der Waals surface area contributed by atoms with E-state index in [1.54, 1.807) is 0 Å². The largest absolute Gasteiger partial charge is 0.326 e. The van der Waals surface area contributed by atoms with Crippen molar-refractivity contribution in [1.29, 1.82) is 0 Å². The van der Waals surface area contributed by atoms with Gasteiger partial charge in [-0.2, -0.15) is 0 Å². The lowest BCUT2D eigenvalue weighted by atomic mass is 9.84. The van der Waals surface area contributed by atoms with Crippen LogP contribution in [0.5, 0.6) is 0 Å². The van der Waals surface area contributed by atoms with Crippen LogP contribution in [0, 0.1) is 0 Å². The Balaban J connectivity index is 1.92. The minimum Gasteiger partial charge on any atom is -0.326 e. The summed E-state index contributed by atoms with van der Waals surface area (Å²) in [6.45, 7) is 5.50. The maximum atomic E-state index is 6.17. The van der Waals surface area contributed by atoms with Crippen molar-refractivity contribution >= 4 is 0 Å². The summed E-state index contributed by atoms with van der Waals surface area (Å²) in [5.41, 5.74) is 7.63. The highest BCUT2D eigenvalue weighted by molar-refractivity contribution is 5.21. The quantitative estimate of drug-likeness (QED) is 0.857. The van der Waals surface area contributed by atoms with Crippen LogP contribution in [0.1, 0.15) is 45.1 Å². The van der Waals surface area contributed by atoms with Crippen molar-refractivity contribution in [2.45, 2.75) is 57.0 Å². The minimum atomic E-state index is 0.125. The lowest BCUT2D eigenvalue weighted by Gasteiger charge is -2.33. The minimum absolute atomic E-state index is 0.125. The number of pyridine rings is 1. The normalized spacial score (nSPS) is 25.1.